The first-order chi connectivity index (χ1) is 12.6. The van der Waals surface area contributed by atoms with E-state index < -0.39 is 63.5 Å². The fourth-order valence-corrected chi connectivity index (χ4v) is 3.53. The van der Waals surface area contributed by atoms with Crippen molar-refractivity contribution < 1.29 is 53.6 Å². The van der Waals surface area contributed by atoms with Crippen molar-refractivity contribution >= 4 is 51.0 Å². The van der Waals surface area contributed by atoms with Crippen LogP contribution in [-0.4, -0.2) is 78.8 Å². The molecule has 0 spiro atoms. The summed E-state index contributed by atoms with van der Waals surface area (Å²) < 4.78 is 6.40. The number of esters is 2. The second-order valence-corrected chi connectivity index (χ2v) is 7.13. The lowest BCUT2D eigenvalue weighted by atomic mass is 9.68. The van der Waals surface area contributed by atoms with Crippen LogP contribution in [0, 0.1) is 0 Å². The third kappa shape index (κ3) is 4.04. The zero-order chi connectivity index (χ0) is 22.7. The molecule has 0 bridgehead atoms. The van der Waals surface area contributed by atoms with Gasteiger partial charge in [0.05, 0.1) is 6.61 Å². The molecule has 0 saturated heterocycles. The number of Topliss-reactive ketones (excluding diaryl/α,β-unsaturated/α-hetero) is 4. The van der Waals surface area contributed by atoms with Gasteiger partial charge in [-0.25, -0.2) is 0 Å². The van der Waals surface area contributed by atoms with Crippen LogP contribution in [0.2, 0.25) is 0 Å². The maximum absolute atomic E-state index is 12.8. The molecule has 3 N–H and O–H groups in total. The number of ketones is 4. The predicted octanol–water partition coefficient (Wildman–Crippen LogP) is -1.64. The number of carbonyl (C=O) groups excluding carboxylic acids is 6. The van der Waals surface area contributed by atoms with Gasteiger partial charge < -0.3 is 24.8 Å². The van der Waals surface area contributed by atoms with Crippen molar-refractivity contribution in [2.45, 2.75) is 56.4 Å². The van der Waals surface area contributed by atoms with E-state index in [-0.39, 0.29) is 0 Å². The minimum Gasteiger partial charge on any atom is -0.442 e. The molecule has 4 atom stereocenters. The Bertz CT molecular complexity index is 713. The van der Waals surface area contributed by atoms with E-state index >= 15 is 0 Å². The average molecular weight is 469 g/mol. The Morgan fingerprint density at radius 1 is 0.893 bits per heavy atom. The van der Waals surface area contributed by atoms with Crippen molar-refractivity contribution in [3.8, 4) is 0 Å². The van der Waals surface area contributed by atoms with Crippen molar-refractivity contribution in [3.05, 3.63) is 0 Å². The first kappa shape index (κ1) is 26.0. The second-order valence-electron chi connectivity index (χ2n) is 5.92. The van der Waals surface area contributed by atoms with Crippen molar-refractivity contribution in [1.82, 2.24) is 0 Å². The van der Waals surface area contributed by atoms with Crippen molar-refractivity contribution in [3.63, 3.8) is 0 Å². The van der Waals surface area contributed by atoms with Crippen LogP contribution in [0.15, 0.2) is 0 Å². The topological polar surface area (TPSA) is 182 Å². The van der Waals surface area contributed by atoms with Crippen LogP contribution in [0.3, 0.4) is 0 Å². The zero-order valence-corrected chi connectivity index (χ0v) is 17.4. The Morgan fingerprint density at radius 2 is 1.32 bits per heavy atom. The second kappa shape index (κ2) is 8.99. The molecule has 0 saturated carbocycles. The molecule has 0 amide bonds. The third-order valence-corrected chi connectivity index (χ3v) is 4.92. The van der Waals surface area contributed by atoms with Crippen LogP contribution >= 0.6 is 15.9 Å². The molecule has 28 heavy (non-hydrogen) atoms. The molecule has 0 aromatic carbocycles. The maximum atomic E-state index is 12.8. The van der Waals surface area contributed by atoms with E-state index in [1.165, 1.54) is 0 Å². The van der Waals surface area contributed by atoms with Crippen molar-refractivity contribution in [1.29, 1.82) is 0 Å². The fraction of sp³-hybridized carbons (Fsp3) is 0.625. The highest BCUT2D eigenvalue weighted by atomic mass is 79.9. The number of aliphatic hydroxyl groups is 3. The van der Waals surface area contributed by atoms with Gasteiger partial charge in [0.15, 0.2) is 21.9 Å². The molecule has 0 aliphatic rings. The van der Waals surface area contributed by atoms with Gasteiger partial charge >= 0.3 is 11.9 Å². The quantitative estimate of drug-likeness (QED) is 0.144. The molecule has 2 unspecified atom stereocenters. The number of rotatable bonds is 10. The lowest BCUT2D eigenvalue weighted by molar-refractivity contribution is -0.242. The monoisotopic (exact) mass is 468 g/mol. The van der Waals surface area contributed by atoms with Gasteiger partial charge in [0, 0.05) is 20.8 Å². The van der Waals surface area contributed by atoms with Gasteiger partial charge in [0.25, 0.3) is 17.0 Å². The molecule has 0 radical (unpaired) electrons. The minimum atomic E-state index is -3.50. The summed E-state index contributed by atoms with van der Waals surface area (Å²) in [6.07, 6.45) is -2.36. The highest BCUT2D eigenvalue weighted by molar-refractivity contribution is 9.10. The van der Waals surface area contributed by atoms with Crippen LogP contribution < -0.4 is 0 Å². The minimum absolute atomic E-state index is 0.638. The molecule has 0 aromatic rings. The van der Waals surface area contributed by atoms with Crippen LogP contribution in [0.5, 0.6) is 0 Å². The zero-order valence-electron chi connectivity index (χ0n) is 15.8. The number of hydrogen-bond acceptors (Lipinski definition) is 11. The Labute approximate surface area is 168 Å². The average Bonchev–Trinajstić information content (AvgIpc) is 2.54. The van der Waals surface area contributed by atoms with Gasteiger partial charge in [0.2, 0.25) is 0 Å². The molecule has 0 heterocycles. The largest absolute Gasteiger partial charge is 0.442 e. The highest BCUT2D eigenvalue weighted by Gasteiger charge is 2.78. The smallest absolute Gasteiger partial charge is 0.304 e. The van der Waals surface area contributed by atoms with Crippen LogP contribution in [0.1, 0.15) is 34.6 Å². The number of ether oxygens (including phenoxy) is 2. The Kier molecular flexibility index (Phi) is 8.34. The number of hydrogen-bond donors (Lipinski definition) is 3. The van der Waals surface area contributed by atoms with Crippen LogP contribution in [-0.2, 0) is 38.2 Å². The van der Waals surface area contributed by atoms with E-state index in [4.69, 9.17) is 9.47 Å². The van der Waals surface area contributed by atoms with E-state index in [0.29, 0.717) is 20.8 Å². The molecule has 0 aliphatic heterocycles. The predicted molar refractivity (Wildman–Crippen MR) is 93.0 cm³/mol. The summed E-state index contributed by atoms with van der Waals surface area (Å²) in [5, 5.41) is 30.1. The first-order valence-electron chi connectivity index (χ1n) is 7.73. The molecule has 12 heteroatoms. The van der Waals surface area contributed by atoms with Gasteiger partial charge in [-0.15, -0.1) is 0 Å². The van der Waals surface area contributed by atoms with E-state index in [0.717, 1.165) is 13.8 Å². The lowest BCUT2D eigenvalue weighted by Crippen LogP contribution is -2.80. The summed E-state index contributed by atoms with van der Waals surface area (Å²) in [4.78, 5) is 73.3. The summed E-state index contributed by atoms with van der Waals surface area (Å²) in [6, 6.07) is 0. The van der Waals surface area contributed by atoms with Crippen LogP contribution in [0.4, 0.5) is 0 Å². The van der Waals surface area contributed by atoms with Gasteiger partial charge in [0.1, 0.15) is 6.10 Å². The number of halogens is 1. The van der Waals surface area contributed by atoms with E-state index in [1.807, 2.05) is 0 Å². The maximum Gasteiger partial charge on any atom is 0.304 e. The molecule has 158 valence electrons. The number of carbonyl (C=O) groups is 6. The SMILES string of the molecule is CC(=O)OC(C(C)=O)([C@](OC(C)=O)(C(C)=O)C(=O)C(C)=O)[C@@](O)(Br)C(O)CO. The molecule has 0 aromatic heterocycles. The first-order valence-corrected chi connectivity index (χ1v) is 8.52. The lowest BCUT2D eigenvalue weighted by Gasteiger charge is -2.50. The normalized spacial score (nSPS) is 18.5. The van der Waals surface area contributed by atoms with E-state index in [2.05, 4.69) is 15.9 Å². The van der Waals surface area contributed by atoms with Gasteiger partial charge in [-0.3, -0.25) is 28.8 Å². The molecule has 11 nitrogen and oxygen atoms in total. The third-order valence-electron chi connectivity index (χ3n) is 3.83. The summed E-state index contributed by atoms with van der Waals surface area (Å²) in [5.74, 6) is -8.84. The molecular formula is C16H21BrO11. The number of alkyl halides is 1. The molecule has 0 aliphatic carbocycles. The standard InChI is InChI=1S/C16H21BrO11/c1-7(19)13(25)14(8(2)20,27-10(4)22)15(9(3)21,28-11(5)23)16(17,26)12(24)6-18/h12,18,24,26H,6H2,1-5H3/t12?,14-,15?,16+/m0/s1. The van der Waals surface area contributed by atoms with E-state index in [9.17, 15) is 44.1 Å². The van der Waals surface area contributed by atoms with Gasteiger partial charge in [-0.1, -0.05) is 0 Å². The fourth-order valence-electron chi connectivity index (χ4n) is 2.75. The van der Waals surface area contributed by atoms with E-state index in [1.54, 1.807) is 0 Å². The van der Waals surface area contributed by atoms with Crippen molar-refractivity contribution in [2.75, 3.05) is 6.61 Å². The Hall–Kier alpha value is -2.02. The Balaban J connectivity index is 7.71. The molecular weight excluding hydrogens is 448 g/mol. The summed E-state index contributed by atoms with van der Waals surface area (Å²) in [5.41, 5.74) is -6.98. The summed E-state index contributed by atoms with van der Waals surface area (Å²) in [7, 11) is 0. The molecule has 0 fully saturated rings. The van der Waals surface area contributed by atoms with Crippen molar-refractivity contribution in [2.24, 2.45) is 0 Å². The summed E-state index contributed by atoms with van der Waals surface area (Å²) >= 11 is 2.51. The van der Waals surface area contributed by atoms with Crippen LogP contribution in [0.25, 0.3) is 0 Å². The Morgan fingerprint density at radius 3 is 1.57 bits per heavy atom. The van der Waals surface area contributed by atoms with Gasteiger partial charge in [-0.2, -0.15) is 0 Å². The number of aliphatic hydroxyl groups excluding tert-OH is 2. The van der Waals surface area contributed by atoms with Gasteiger partial charge in [-0.05, 0) is 29.8 Å². The summed E-state index contributed by atoms with van der Waals surface area (Å²) in [6.45, 7) is 2.15. The highest BCUT2D eigenvalue weighted by Crippen LogP contribution is 2.47. The molecule has 0 rings (SSSR count).